The molecule has 5 nitrogen and oxygen atoms in total. The Bertz CT molecular complexity index is 287. The topological polar surface area (TPSA) is 63.0 Å². The molecule has 1 atom stereocenters. The fraction of sp³-hybridized carbons (Fsp3) is 0.818. The average molecular weight is 226 g/mol. The highest BCUT2D eigenvalue weighted by molar-refractivity contribution is 4.88. The van der Waals surface area contributed by atoms with E-state index in [9.17, 15) is 5.11 Å². The van der Waals surface area contributed by atoms with E-state index in [4.69, 9.17) is 0 Å². The van der Waals surface area contributed by atoms with Gasteiger partial charge in [-0.2, -0.15) is 5.10 Å². The van der Waals surface area contributed by atoms with E-state index in [0.29, 0.717) is 13.0 Å². The fourth-order valence-electron chi connectivity index (χ4n) is 1.57. The van der Waals surface area contributed by atoms with Crippen LogP contribution in [0.3, 0.4) is 0 Å². The maximum atomic E-state index is 9.80. The molecule has 0 aromatic carbocycles. The smallest absolute Gasteiger partial charge is 0.138 e. The second-order valence-electron chi connectivity index (χ2n) is 3.96. The normalized spacial score (nSPS) is 12.9. The first-order valence-electron chi connectivity index (χ1n) is 6.03. The molecule has 1 aromatic rings. The van der Waals surface area contributed by atoms with Gasteiger partial charge in [0.15, 0.2) is 0 Å². The molecule has 0 saturated carbocycles. The summed E-state index contributed by atoms with van der Waals surface area (Å²) in [5, 5.41) is 17.1. The third-order valence-corrected chi connectivity index (χ3v) is 2.36. The Kier molecular flexibility index (Phi) is 6.03. The minimum absolute atomic E-state index is 0.383. The molecule has 1 heterocycles. The van der Waals surface area contributed by atoms with Crippen LogP contribution in [0.15, 0.2) is 6.33 Å². The van der Waals surface area contributed by atoms with Gasteiger partial charge in [0.25, 0.3) is 0 Å². The highest BCUT2D eigenvalue weighted by Gasteiger charge is 2.10. The van der Waals surface area contributed by atoms with Gasteiger partial charge in [0, 0.05) is 19.5 Å². The number of aromatic nitrogens is 3. The van der Waals surface area contributed by atoms with Gasteiger partial charge in [0.2, 0.25) is 0 Å². The average Bonchev–Trinajstić information content (AvgIpc) is 2.67. The summed E-state index contributed by atoms with van der Waals surface area (Å²) < 4.78 is 1.86. The lowest BCUT2D eigenvalue weighted by molar-refractivity contribution is 0.168. The predicted molar refractivity (Wildman–Crippen MR) is 63.2 cm³/mol. The van der Waals surface area contributed by atoms with E-state index in [2.05, 4.69) is 29.2 Å². The molecule has 0 aliphatic heterocycles. The Morgan fingerprint density at radius 3 is 2.94 bits per heavy atom. The minimum atomic E-state index is -0.383. The van der Waals surface area contributed by atoms with E-state index in [1.165, 1.54) is 0 Å². The number of hydrogen-bond acceptors (Lipinski definition) is 4. The summed E-state index contributed by atoms with van der Waals surface area (Å²) in [5.74, 6) is 0.868. The van der Waals surface area contributed by atoms with Crippen molar-refractivity contribution in [1.29, 1.82) is 0 Å². The van der Waals surface area contributed by atoms with E-state index in [0.717, 1.165) is 31.8 Å². The maximum Gasteiger partial charge on any atom is 0.138 e. The van der Waals surface area contributed by atoms with Crippen molar-refractivity contribution in [3.63, 3.8) is 0 Å². The molecule has 0 saturated heterocycles. The van der Waals surface area contributed by atoms with Gasteiger partial charge in [0.1, 0.15) is 12.2 Å². The molecule has 1 aromatic heterocycles. The first-order chi connectivity index (χ1) is 7.77. The molecule has 2 N–H and O–H groups in total. The summed E-state index contributed by atoms with van der Waals surface area (Å²) in [6.45, 7) is 6.64. The number of nitrogens with zero attached hydrogens (tertiary/aromatic N) is 3. The molecule has 0 aliphatic carbocycles. The van der Waals surface area contributed by atoms with E-state index in [1.807, 2.05) is 4.68 Å². The lowest BCUT2D eigenvalue weighted by Crippen LogP contribution is -2.29. The van der Waals surface area contributed by atoms with Gasteiger partial charge in [-0.15, -0.1) is 0 Å². The minimum Gasteiger partial charge on any atom is -0.391 e. The van der Waals surface area contributed by atoms with Crippen molar-refractivity contribution in [2.75, 3.05) is 13.1 Å². The van der Waals surface area contributed by atoms with E-state index < -0.39 is 0 Å². The standard InChI is InChI=1S/C11H22N4O/c1-3-5-12-8-10(16)7-11-13-9-14-15(11)6-4-2/h9-10,12,16H,3-8H2,1-2H3. The maximum absolute atomic E-state index is 9.80. The van der Waals surface area contributed by atoms with Crippen LogP contribution >= 0.6 is 0 Å². The first-order valence-corrected chi connectivity index (χ1v) is 6.03. The van der Waals surface area contributed by atoms with Crippen LogP contribution in [0.25, 0.3) is 0 Å². The summed E-state index contributed by atoms with van der Waals surface area (Å²) in [4.78, 5) is 4.17. The largest absolute Gasteiger partial charge is 0.391 e. The number of aliphatic hydroxyl groups is 1. The van der Waals surface area contributed by atoms with Crippen LogP contribution in [0, 0.1) is 0 Å². The van der Waals surface area contributed by atoms with Gasteiger partial charge in [0.05, 0.1) is 6.10 Å². The summed E-state index contributed by atoms with van der Waals surface area (Å²) >= 11 is 0. The SMILES string of the molecule is CCCNCC(O)Cc1ncnn1CCC. The van der Waals surface area contributed by atoms with Gasteiger partial charge < -0.3 is 10.4 Å². The molecule has 0 aliphatic rings. The summed E-state index contributed by atoms with van der Waals surface area (Å²) in [7, 11) is 0. The van der Waals surface area contributed by atoms with Crippen molar-refractivity contribution in [3.8, 4) is 0 Å². The molecule has 1 unspecified atom stereocenters. The Balaban J connectivity index is 2.36. The molecule has 0 spiro atoms. The van der Waals surface area contributed by atoms with Crippen LogP contribution in [-0.4, -0.2) is 39.1 Å². The van der Waals surface area contributed by atoms with Crippen molar-refractivity contribution in [2.24, 2.45) is 0 Å². The highest BCUT2D eigenvalue weighted by Crippen LogP contribution is 2.00. The molecule has 0 fully saturated rings. The van der Waals surface area contributed by atoms with Crippen molar-refractivity contribution >= 4 is 0 Å². The van der Waals surface area contributed by atoms with E-state index in [-0.39, 0.29) is 6.10 Å². The van der Waals surface area contributed by atoms with Crippen LogP contribution in [0.1, 0.15) is 32.5 Å². The van der Waals surface area contributed by atoms with Crippen LogP contribution in [-0.2, 0) is 13.0 Å². The summed E-state index contributed by atoms with van der Waals surface area (Å²) in [5.41, 5.74) is 0. The lowest BCUT2D eigenvalue weighted by atomic mass is 10.2. The number of aliphatic hydroxyl groups excluding tert-OH is 1. The van der Waals surface area contributed by atoms with Crippen molar-refractivity contribution in [3.05, 3.63) is 12.2 Å². The Labute approximate surface area is 96.9 Å². The monoisotopic (exact) mass is 226 g/mol. The third kappa shape index (κ3) is 4.28. The zero-order valence-corrected chi connectivity index (χ0v) is 10.2. The van der Waals surface area contributed by atoms with E-state index >= 15 is 0 Å². The predicted octanol–water partition coefficient (Wildman–Crippen LogP) is 0.591. The number of rotatable bonds is 8. The number of nitrogens with one attached hydrogen (secondary N) is 1. The second kappa shape index (κ2) is 7.35. The molecule has 0 radical (unpaired) electrons. The van der Waals surface area contributed by atoms with Gasteiger partial charge in [-0.25, -0.2) is 4.98 Å². The molecular formula is C11H22N4O. The van der Waals surface area contributed by atoms with Crippen LogP contribution in [0.4, 0.5) is 0 Å². The molecule has 5 heteroatoms. The number of aryl methyl sites for hydroxylation is 1. The summed E-state index contributed by atoms with van der Waals surface area (Å²) in [6.07, 6.45) is 3.85. The fourth-order valence-corrected chi connectivity index (χ4v) is 1.57. The zero-order valence-electron chi connectivity index (χ0n) is 10.2. The molecule has 0 amide bonds. The van der Waals surface area contributed by atoms with Crippen LogP contribution in [0.2, 0.25) is 0 Å². The van der Waals surface area contributed by atoms with Gasteiger partial charge in [-0.1, -0.05) is 13.8 Å². The van der Waals surface area contributed by atoms with Crippen molar-refractivity contribution < 1.29 is 5.11 Å². The molecule has 92 valence electrons. The molecule has 16 heavy (non-hydrogen) atoms. The lowest BCUT2D eigenvalue weighted by Gasteiger charge is -2.11. The Hall–Kier alpha value is -0.940. The van der Waals surface area contributed by atoms with Crippen molar-refractivity contribution in [1.82, 2.24) is 20.1 Å². The molecular weight excluding hydrogens is 204 g/mol. The molecule has 1 rings (SSSR count). The molecule has 0 bridgehead atoms. The van der Waals surface area contributed by atoms with Crippen LogP contribution in [0.5, 0.6) is 0 Å². The van der Waals surface area contributed by atoms with Gasteiger partial charge >= 0.3 is 0 Å². The van der Waals surface area contributed by atoms with E-state index in [1.54, 1.807) is 6.33 Å². The first kappa shape index (κ1) is 13.1. The zero-order chi connectivity index (χ0) is 11.8. The number of hydrogen-bond donors (Lipinski definition) is 2. The van der Waals surface area contributed by atoms with Crippen LogP contribution < -0.4 is 5.32 Å². The Morgan fingerprint density at radius 1 is 1.44 bits per heavy atom. The highest BCUT2D eigenvalue weighted by atomic mass is 16.3. The summed E-state index contributed by atoms with van der Waals surface area (Å²) in [6, 6.07) is 0. The van der Waals surface area contributed by atoms with Gasteiger partial charge in [-0.3, -0.25) is 4.68 Å². The third-order valence-electron chi connectivity index (χ3n) is 2.36. The second-order valence-corrected chi connectivity index (χ2v) is 3.96. The Morgan fingerprint density at radius 2 is 2.25 bits per heavy atom. The van der Waals surface area contributed by atoms with Gasteiger partial charge in [-0.05, 0) is 19.4 Å². The van der Waals surface area contributed by atoms with Crippen molar-refractivity contribution in [2.45, 2.75) is 45.8 Å². The quantitative estimate of drug-likeness (QED) is 0.637.